The molecule has 2 nitrogen and oxygen atoms in total. The van der Waals surface area contributed by atoms with Gasteiger partial charge in [-0.15, -0.1) is 0 Å². The summed E-state index contributed by atoms with van der Waals surface area (Å²) >= 11 is 7.11. The van der Waals surface area contributed by atoms with E-state index in [9.17, 15) is 0 Å². The minimum absolute atomic E-state index is 0.790. The van der Waals surface area contributed by atoms with Crippen LogP contribution in [0.5, 0.6) is 0 Å². The largest absolute Gasteiger partial charge is 0.383 e. The van der Waals surface area contributed by atoms with Gasteiger partial charge in [0, 0.05) is 28.7 Å². The second kappa shape index (κ2) is 7.30. The fourth-order valence-corrected chi connectivity index (χ4v) is 3.10. The number of rotatable bonds is 6. The van der Waals surface area contributed by atoms with Gasteiger partial charge < -0.3 is 10.1 Å². The molecule has 0 bridgehead atoms. The van der Waals surface area contributed by atoms with Crippen LogP contribution in [0.3, 0.4) is 0 Å². The zero-order valence-corrected chi connectivity index (χ0v) is 12.8. The Hall–Kier alpha value is -0.0600. The number of nitrogens with one attached hydrogen (secondary N) is 1. The zero-order chi connectivity index (χ0) is 12.0. The number of anilines is 1. The van der Waals surface area contributed by atoms with Crippen LogP contribution in [-0.4, -0.2) is 19.8 Å². The van der Waals surface area contributed by atoms with Gasteiger partial charge in [0.25, 0.3) is 0 Å². The van der Waals surface area contributed by atoms with E-state index in [0.29, 0.717) is 0 Å². The van der Waals surface area contributed by atoms with Gasteiger partial charge in [-0.1, -0.05) is 0 Å². The molecule has 1 aromatic carbocycles. The molecular formula is C12H17Br2NO. The summed E-state index contributed by atoms with van der Waals surface area (Å²) in [5, 5.41) is 3.39. The van der Waals surface area contributed by atoms with Crippen molar-refractivity contribution in [1.82, 2.24) is 0 Å². The molecule has 0 aliphatic carbocycles. The molecule has 0 spiro atoms. The van der Waals surface area contributed by atoms with Gasteiger partial charge in [-0.2, -0.15) is 0 Å². The topological polar surface area (TPSA) is 21.3 Å². The van der Waals surface area contributed by atoms with Crippen LogP contribution < -0.4 is 5.32 Å². The van der Waals surface area contributed by atoms with Crippen LogP contribution in [0.2, 0.25) is 0 Å². The van der Waals surface area contributed by atoms with Crippen LogP contribution in [0.15, 0.2) is 21.1 Å². The highest BCUT2D eigenvalue weighted by molar-refractivity contribution is 9.11. The first-order chi connectivity index (χ1) is 7.65. The maximum Gasteiger partial charge on any atom is 0.0629 e. The first-order valence-corrected chi connectivity index (χ1v) is 7.01. The summed E-state index contributed by atoms with van der Waals surface area (Å²) in [6, 6.07) is 4.21. The summed E-state index contributed by atoms with van der Waals surface area (Å²) in [6.45, 7) is 6.61. The minimum Gasteiger partial charge on any atom is -0.383 e. The minimum atomic E-state index is 0.790. The molecule has 1 rings (SSSR count). The fraction of sp³-hybridized carbons (Fsp3) is 0.500. The lowest BCUT2D eigenvalue weighted by atomic mass is 10.2. The molecule has 0 aliphatic heterocycles. The van der Waals surface area contributed by atoms with Crippen LogP contribution in [0.25, 0.3) is 0 Å². The zero-order valence-electron chi connectivity index (χ0n) is 9.65. The molecule has 4 heteroatoms. The number of ether oxygens (including phenoxy) is 1. The molecule has 0 fully saturated rings. The van der Waals surface area contributed by atoms with Crippen LogP contribution in [0.1, 0.15) is 18.9 Å². The third-order valence-corrected chi connectivity index (χ3v) is 3.41. The van der Waals surface area contributed by atoms with Crippen molar-refractivity contribution < 1.29 is 4.74 Å². The molecule has 0 amide bonds. The van der Waals surface area contributed by atoms with Crippen molar-refractivity contribution in [3.8, 4) is 0 Å². The highest BCUT2D eigenvalue weighted by Gasteiger charge is 2.04. The highest BCUT2D eigenvalue weighted by Crippen LogP contribution is 2.32. The molecule has 0 aliphatic rings. The average molecular weight is 351 g/mol. The normalized spacial score (nSPS) is 10.5. The van der Waals surface area contributed by atoms with E-state index >= 15 is 0 Å². The first kappa shape index (κ1) is 14.0. The predicted molar refractivity (Wildman–Crippen MR) is 76.2 cm³/mol. The van der Waals surface area contributed by atoms with Crippen molar-refractivity contribution in [3.05, 3.63) is 26.6 Å². The van der Waals surface area contributed by atoms with Crippen molar-refractivity contribution in [3.63, 3.8) is 0 Å². The van der Waals surface area contributed by atoms with Crippen molar-refractivity contribution in [2.75, 3.05) is 25.1 Å². The number of hydrogen-bond donors (Lipinski definition) is 1. The smallest absolute Gasteiger partial charge is 0.0629 e. The van der Waals surface area contributed by atoms with Gasteiger partial charge in [-0.3, -0.25) is 0 Å². The number of halogens is 2. The Morgan fingerprint density at radius 3 is 2.44 bits per heavy atom. The maximum atomic E-state index is 5.29. The fourth-order valence-electron chi connectivity index (χ4n) is 1.40. The van der Waals surface area contributed by atoms with Crippen molar-refractivity contribution >= 4 is 37.5 Å². The molecular weight excluding hydrogens is 334 g/mol. The molecule has 0 heterocycles. The molecule has 1 N–H and O–H groups in total. The molecule has 0 unspecified atom stereocenters. The van der Waals surface area contributed by atoms with Gasteiger partial charge in [-0.25, -0.2) is 0 Å². The van der Waals surface area contributed by atoms with Gasteiger partial charge in [0.2, 0.25) is 0 Å². The molecule has 0 aromatic heterocycles. The molecule has 0 radical (unpaired) electrons. The maximum absolute atomic E-state index is 5.29. The third-order valence-electron chi connectivity index (χ3n) is 2.16. The number of aryl methyl sites for hydroxylation is 1. The summed E-state index contributed by atoms with van der Waals surface area (Å²) in [5.41, 5.74) is 2.35. The van der Waals surface area contributed by atoms with Gasteiger partial charge in [-0.05, 0) is 69.8 Å². The Morgan fingerprint density at radius 1 is 1.25 bits per heavy atom. The summed E-state index contributed by atoms with van der Waals surface area (Å²) in [4.78, 5) is 0. The van der Waals surface area contributed by atoms with Crippen LogP contribution in [-0.2, 0) is 4.74 Å². The van der Waals surface area contributed by atoms with E-state index in [1.54, 1.807) is 0 Å². The van der Waals surface area contributed by atoms with E-state index < -0.39 is 0 Å². The van der Waals surface area contributed by atoms with Crippen molar-refractivity contribution in [2.24, 2.45) is 0 Å². The third kappa shape index (κ3) is 4.44. The number of benzene rings is 1. The standard InChI is InChI=1S/C12H17Br2NO/c1-3-16-6-4-5-15-12-10(13)7-9(2)8-11(12)14/h7-8,15H,3-6H2,1-2H3. The lowest BCUT2D eigenvalue weighted by Crippen LogP contribution is -2.06. The van der Waals surface area contributed by atoms with E-state index in [0.717, 1.165) is 40.8 Å². The first-order valence-electron chi connectivity index (χ1n) is 5.42. The van der Waals surface area contributed by atoms with E-state index in [4.69, 9.17) is 4.74 Å². The van der Waals surface area contributed by atoms with Crippen LogP contribution in [0.4, 0.5) is 5.69 Å². The second-order valence-electron chi connectivity index (χ2n) is 3.58. The molecule has 0 atom stereocenters. The second-order valence-corrected chi connectivity index (χ2v) is 5.29. The Balaban J connectivity index is 2.47. The van der Waals surface area contributed by atoms with Crippen LogP contribution in [0, 0.1) is 6.92 Å². The summed E-state index contributed by atoms with van der Waals surface area (Å²) < 4.78 is 7.47. The molecule has 1 aromatic rings. The predicted octanol–water partition coefficient (Wildman–Crippen LogP) is 4.36. The Labute approximate surface area is 114 Å². The van der Waals surface area contributed by atoms with Crippen LogP contribution >= 0.6 is 31.9 Å². The van der Waals surface area contributed by atoms with Gasteiger partial charge in [0.05, 0.1) is 5.69 Å². The summed E-state index contributed by atoms with van der Waals surface area (Å²) in [5.74, 6) is 0. The Bertz CT molecular complexity index is 319. The van der Waals surface area contributed by atoms with Gasteiger partial charge >= 0.3 is 0 Å². The quantitative estimate of drug-likeness (QED) is 0.769. The Kier molecular flexibility index (Phi) is 6.39. The van der Waals surface area contributed by atoms with E-state index in [2.05, 4.69) is 56.2 Å². The molecule has 0 saturated carbocycles. The van der Waals surface area contributed by atoms with Crippen molar-refractivity contribution in [2.45, 2.75) is 20.3 Å². The van der Waals surface area contributed by atoms with E-state index in [1.807, 2.05) is 6.92 Å². The molecule has 16 heavy (non-hydrogen) atoms. The molecule has 90 valence electrons. The lowest BCUT2D eigenvalue weighted by Gasteiger charge is -2.11. The monoisotopic (exact) mass is 349 g/mol. The van der Waals surface area contributed by atoms with Gasteiger partial charge in [0.1, 0.15) is 0 Å². The SMILES string of the molecule is CCOCCCNc1c(Br)cc(C)cc1Br. The number of hydrogen-bond acceptors (Lipinski definition) is 2. The van der Waals surface area contributed by atoms with E-state index in [1.165, 1.54) is 5.56 Å². The lowest BCUT2D eigenvalue weighted by molar-refractivity contribution is 0.147. The molecule has 0 saturated heterocycles. The average Bonchev–Trinajstić information content (AvgIpc) is 2.20. The summed E-state index contributed by atoms with van der Waals surface area (Å²) in [6.07, 6.45) is 1.01. The Morgan fingerprint density at radius 2 is 1.88 bits per heavy atom. The van der Waals surface area contributed by atoms with Gasteiger partial charge in [0.15, 0.2) is 0 Å². The highest BCUT2D eigenvalue weighted by atomic mass is 79.9. The van der Waals surface area contributed by atoms with E-state index in [-0.39, 0.29) is 0 Å². The summed E-state index contributed by atoms with van der Waals surface area (Å²) in [7, 11) is 0. The van der Waals surface area contributed by atoms with Crippen molar-refractivity contribution in [1.29, 1.82) is 0 Å².